The van der Waals surface area contributed by atoms with Crippen molar-refractivity contribution in [1.29, 1.82) is 0 Å². The molecule has 1 aromatic rings. The van der Waals surface area contributed by atoms with Crippen LogP contribution in [0.3, 0.4) is 0 Å². The molecule has 130 valence electrons. The second kappa shape index (κ2) is 9.23. The SMILES string of the molecule is Cc1sc(=O)n(CCC(=O)NCCNC2CCCCCC2)c1C. The molecule has 1 fully saturated rings. The van der Waals surface area contributed by atoms with Crippen LogP contribution in [0.4, 0.5) is 0 Å². The minimum absolute atomic E-state index is 0.0165. The van der Waals surface area contributed by atoms with Crippen molar-refractivity contribution in [3.05, 3.63) is 20.2 Å². The van der Waals surface area contributed by atoms with Crippen molar-refractivity contribution >= 4 is 17.2 Å². The molecule has 1 saturated carbocycles. The predicted molar refractivity (Wildman–Crippen MR) is 95.2 cm³/mol. The molecule has 0 unspecified atom stereocenters. The number of carbonyl (C=O) groups excluding carboxylic acids is 1. The van der Waals surface area contributed by atoms with Gasteiger partial charge in [-0.25, -0.2) is 0 Å². The van der Waals surface area contributed by atoms with Gasteiger partial charge in [-0.3, -0.25) is 9.59 Å². The van der Waals surface area contributed by atoms with E-state index in [-0.39, 0.29) is 10.8 Å². The van der Waals surface area contributed by atoms with Gasteiger partial charge < -0.3 is 15.2 Å². The fourth-order valence-electron chi connectivity index (χ4n) is 3.11. The Kier molecular flexibility index (Phi) is 7.30. The highest BCUT2D eigenvalue weighted by Crippen LogP contribution is 2.16. The zero-order valence-electron chi connectivity index (χ0n) is 14.3. The van der Waals surface area contributed by atoms with Crippen LogP contribution >= 0.6 is 11.3 Å². The van der Waals surface area contributed by atoms with Crippen LogP contribution in [0.5, 0.6) is 0 Å². The van der Waals surface area contributed by atoms with Crippen LogP contribution in [-0.2, 0) is 11.3 Å². The second-order valence-electron chi connectivity index (χ2n) is 6.40. The van der Waals surface area contributed by atoms with Crippen LogP contribution < -0.4 is 15.5 Å². The molecule has 0 atom stereocenters. The second-order valence-corrected chi connectivity index (χ2v) is 7.57. The third kappa shape index (κ3) is 5.77. The van der Waals surface area contributed by atoms with Gasteiger partial charge in [-0.05, 0) is 26.7 Å². The molecule has 1 aromatic heterocycles. The topological polar surface area (TPSA) is 63.1 Å². The molecule has 2 rings (SSSR count). The summed E-state index contributed by atoms with van der Waals surface area (Å²) in [4.78, 5) is 24.7. The van der Waals surface area contributed by atoms with Crippen molar-refractivity contribution in [1.82, 2.24) is 15.2 Å². The van der Waals surface area contributed by atoms with E-state index < -0.39 is 0 Å². The smallest absolute Gasteiger partial charge is 0.307 e. The first kappa shape index (κ1) is 18.2. The summed E-state index contributed by atoms with van der Waals surface area (Å²) in [5.74, 6) is 0.0165. The van der Waals surface area contributed by atoms with Crippen molar-refractivity contribution in [2.45, 2.75) is 71.4 Å². The molecule has 0 radical (unpaired) electrons. The molecule has 1 aliphatic carbocycles. The maximum absolute atomic E-state index is 11.9. The van der Waals surface area contributed by atoms with Gasteiger partial charge in [0.1, 0.15) is 0 Å². The Morgan fingerprint density at radius 1 is 1.17 bits per heavy atom. The number of thiazole rings is 1. The Bertz CT molecular complexity index is 557. The van der Waals surface area contributed by atoms with Gasteiger partial charge in [-0.1, -0.05) is 37.0 Å². The van der Waals surface area contributed by atoms with E-state index in [1.807, 2.05) is 13.8 Å². The van der Waals surface area contributed by atoms with Crippen LogP contribution in [0, 0.1) is 13.8 Å². The summed E-state index contributed by atoms with van der Waals surface area (Å²) < 4.78 is 1.70. The van der Waals surface area contributed by atoms with Crippen LogP contribution in [-0.4, -0.2) is 29.6 Å². The molecule has 6 heteroatoms. The van der Waals surface area contributed by atoms with E-state index in [4.69, 9.17) is 0 Å². The van der Waals surface area contributed by atoms with Crippen LogP contribution in [0.25, 0.3) is 0 Å². The number of rotatable bonds is 7. The number of hydrogen-bond acceptors (Lipinski definition) is 4. The first-order chi connectivity index (χ1) is 11.1. The maximum atomic E-state index is 11.9. The zero-order valence-corrected chi connectivity index (χ0v) is 15.1. The average molecular weight is 340 g/mol. The molecule has 0 aromatic carbocycles. The average Bonchev–Trinajstić information content (AvgIpc) is 2.73. The summed E-state index contributed by atoms with van der Waals surface area (Å²) >= 11 is 1.25. The number of nitrogens with zero attached hydrogens (tertiary/aromatic N) is 1. The highest BCUT2D eigenvalue weighted by Gasteiger charge is 2.12. The lowest BCUT2D eigenvalue weighted by Gasteiger charge is -2.16. The largest absolute Gasteiger partial charge is 0.355 e. The fourth-order valence-corrected chi connectivity index (χ4v) is 3.97. The van der Waals surface area contributed by atoms with Gasteiger partial charge in [0, 0.05) is 42.7 Å². The van der Waals surface area contributed by atoms with Crippen molar-refractivity contribution in [3.8, 4) is 0 Å². The van der Waals surface area contributed by atoms with Crippen LogP contribution in [0.15, 0.2) is 4.79 Å². The van der Waals surface area contributed by atoms with Crippen molar-refractivity contribution in [2.75, 3.05) is 13.1 Å². The maximum Gasteiger partial charge on any atom is 0.307 e. The number of nitrogens with one attached hydrogen (secondary N) is 2. The molecule has 1 aliphatic rings. The molecule has 5 nitrogen and oxygen atoms in total. The van der Waals surface area contributed by atoms with Gasteiger partial charge in [0.25, 0.3) is 0 Å². The van der Waals surface area contributed by atoms with Crippen molar-refractivity contribution in [2.24, 2.45) is 0 Å². The van der Waals surface area contributed by atoms with E-state index in [9.17, 15) is 9.59 Å². The third-order valence-electron chi connectivity index (χ3n) is 4.67. The lowest BCUT2D eigenvalue weighted by Crippen LogP contribution is -2.37. The Morgan fingerprint density at radius 3 is 2.48 bits per heavy atom. The normalized spacial score (nSPS) is 16.3. The van der Waals surface area contributed by atoms with E-state index in [1.165, 1.54) is 49.9 Å². The first-order valence-electron chi connectivity index (χ1n) is 8.75. The zero-order chi connectivity index (χ0) is 16.7. The van der Waals surface area contributed by atoms with E-state index in [2.05, 4.69) is 10.6 Å². The van der Waals surface area contributed by atoms with Gasteiger partial charge in [0.05, 0.1) is 0 Å². The van der Waals surface area contributed by atoms with Gasteiger partial charge in [0.2, 0.25) is 5.91 Å². The summed E-state index contributed by atoms with van der Waals surface area (Å²) in [7, 11) is 0. The monoisotopic (exact) mass is 339 g/mol. The van der Waals surface area contributed by atoms with Crippen molar-refractivity contribution in [3.63, 3.8) is 0 Å². The predicted octanol–water partition coefficient (Wildman–Crippen LogP) is 2.35. The summed E-state index contributed by atoms with van der Waals surface area (Å²) in [6.45, 7) is 5.83. The number of hydrogen-bond donors (Lipinski definition) is 2. The van der Waals surface area contributed by atoms with E-state index >= 15 is 0 Å². The Hall–Kier alpha value is -1.14. The number of aromatic nitrogens is 1. The molecule has 0 aliphatic heterocycles. The molecule has 0 saturated heterocycles. The van der Waals surface area contributed by atoms with Gasteiger partial charge in [-0.2, -0.15) is 0 Å². The minimum atomic E-state index is 0.0165. The lowest BCUT2D eigenvalue weighted by molar-refractivity contribution is -0.121. The number of amides is 1. The van der Waals surface area contributed by atoms with E-state index in [0.29, 0.717) is 25.6 Å². The molecule has 1 amide bonds. The molecule has 23 heavy (non-hydrogen) atoms. The molecular formula is C17H29N3O2S. The molecular weight excluding hydrogens is 310 g/mol. The molecule has 0 spiro atoms. The Morgan fingerprint density at radius 2 is 1.87 bits per heavy atom. The Labute approximate surface area is 142 Å². The molecule has 2 N–H and O–H groups in total. The summed E-state index contributed by atoms with van der Waals surface area (Å²) in [6.07, 6.45) is 8.23. The lowest BCUT2D eigenvalue weighted by atomic mass is 10.1. The third-order valence-corrected chi connectivity index (χ3v) is 5.67. The highest BCUT2D eigenvalue weighted by molar-refractivity contribution is 7.09. The van der Waals surface area contributed by atoms with Gasteiger partial charge >= 0.3 is 4.87 Å². The minimum Gasteiger partial charge on any atom is -0.355 e. The summed E-state index contributed by atoms with van der Waals surface area (Å²) in [5.41, 5.74) is 0.975. The summed E-state index contributed by atoms with van der Waals surface area (Å²) in [5, 5.41) is 6.48. The Balaban J connectivity index is 1.62. The number of aryl methyl sites for hydroxylation is 1. The number of carbonyl (C=O) groups is 1. The van der Waals surface area contributed by atoms with Gasteiger partial charge in [-0.15, -0.1) is 0 Å². The quantitative estimate of drug-likeness (QED) is 0.592. The van der Waals surface area contributed by atoms with Crippen molar-refractivity contribution < 1.29 is 4.79 Å². The fraction of sp³-hybridized carbons (Fsp3) is 0.765. The van der Waals surface area contributed by atoms with Gasteiger partial charge in [0.15, 0.2) is 0 Å². The molecule has 0 bridgehead atoms. The highest BCUT2D eigenvalue weighted by atomic mass is 32.1. The van der Waals surface area contributed by atoms with E-state index in [1.54, 1.807) is 4.57 Å². The first-order valence-corrected chi connectivity index (χ1v) is 9.56. The van der Waals surface area contributed by atoms with Crippen LogP contribution in [0.2, 0.25) is 0 Å². The standard InChI is InChI=1S/C17H29N3O2S/c1-13-14(2)23-17(22)20(13)12-9-16(21)19-11-10-18-15-7-5-3-4-6-8-15/h15,18H,3-12H2,1-2H3,(H,19,21). The van der Waals surface area contributed by atoms with Crippen LogP contribution in [0.1, 0.15) is 55.5 Å². The molecule has 1 heterocycles. The summed E-state index contributed by atoms with van der Waals surface area (Å²) in [6, 6.07) is 0.615. The van der Waals surface area contributed by atoms with E-state index in [0.717, 1.165) is 17.1 Å².